The molecule has 2 aliphatic rings. The van der Waals surface area contributed by atoms with Gasteiger partial charge in [0.05, 0.1) is 6.54 Å². The molecular formula is C17H26N4+2. The van der Waals surface area contributed by atoms with Crippen molar-refractivity contribution >= 4 is 5.82 Å². The summed E-state index contributed by atoms with van der Waals surface area (Å²) in [6.45, 7) is 10.1. The molecule has 0 spiro atoms. The molecule has 0 saturated carbocycles. The molecule has 3 rings (SSSR count). The summed E-state index contributed by atoms with van der Waals surface area (Å²) in [6.07, 6.45) is 4.67. The Kier molecular flexibility index (Phi) is 4.12. The summed E-state index contributed by atoms with van der Waals surface area (Å²) in [5.41, 5.74) is 4.90. The van der Waals surface area contributed by atoms with Crippen molar-refractivity contribution in [1.82, 2.24) is 0 Å². The van der Waals surface area contributed by atoms with Crippen molar-refractivity contribution in [3.8, 4) is 6.07 Å². The van der Waals surface area contributed by atoms with E-state index in [1.165, 1.54) is 49.3 Å². The molecule has 1 aliphatic carbocycles. The average Bonchev–Trinajstić information content (AvgIpc) is 2.55. The molecule has 1 aromatic rings. The molecule has 0 radical (unpaired) electrons. The molecule has 0 bridgehead atoms. The van der Waals surface area contributed by atoms with Gasteiger partial charge in [-0.25, -0.2) is 9.88 Å². The number of aromatic nitrogens is 1. The molecule has 2 N–H and O–H groups in total. The number of fused-ring (bicyclic) bond motifs is 1. The van der Waals surface area contributed by atoms with E-state index in [4.69, 9.17) is 0 Å². The molecule has 1 aliphatic heterocycles. The Bertz CT molecular complexity index is 565. The Labute approximate surface area is 127 Å². The number of pyridine rings is 1. The fourth-order valence-electron chi connectivity index (χ4n) is 3.81. The van der Waals surface area contributed by atoms with Crippen LogP contribution in [0, 0.1) is 18.3 Å². The Morgan fingerprint density at radius 2 is 1.86 bits per heavy atom. The van der Waals surface area contributed by atoms with Gasteiger partial charge in [-0.15, -0.1) is 0 Å². The first-order valence-corrected chi connectivity index (χ1v) is 8.30. The molecule has 0 unspecified atom stereocenters. The van der Waals surface area contributed by atoms with Crippen LogP contribution in [0.15, 0.2) is 0 Å². The minimum Gasteiger partial charge on any atom is -0.329 e. The maximum Gasteiger partial charge on any atom is 0.293 e. The van der Waals surface area contributed by atoms with Crippen LogP contribution in [0.4, 0.5) is 5.82 Å². The fraction of sp³-hybridized carbons (Fsp3) is 0.647. The van der Waals surface area contributed by atoms with Gasteiger partial charge in [-0.1, -0.05) is 0 Å². The van der Waals surface area contributed by atoms with E-state index in [0.717, 1.165) is 37.3 Å². The molecule has 1 saturated heterocycles. The van der Waals surface area contributed by atoms with E-state index in [1.807, 2.05) is 0 Å². The van der Waals surface area contributed by atoms with E-state index in [0.29, 0.717) is 0 Å². The largest absolute Gasteiger partial charge is 0.329 e. The lowest BCUT2D eigenvalue weighted by atomic mass is 9.88. The minimum atomic E-state index is 0.912. The van der Waals surface area contributed by atoms with Gasteiger partial charge in [0.15, 0.2) is 0 Å². The SMILES string of the molecule is CC[NH+]1CCN(c2[nH+]c(C)c3c(c2C#N)CCCC3)CC1. The van der Waals surface area contributed by atoms with Gasteiger partial charge in [0.1, 0.15) is 43.5 Å². The van der Waals surface area contributed by atoms with Gasteiger partial charge in [-0.05, 0) is 50.7 Å². The molecule has 21 heavy (non-hydrogen) atoms. The van der Waals surface area contributed by atoms with E-state index in [9.17, 15) is 5.26 Å². The van der Waals surface area contributed by atoms with Crippen molar-refractivity contribution in [2.75, 3.05) is 37.6 Å². The maximum atomic E-state index is 9.69. The minimum absolute atomic E-state index is 0.912. The zero-order valence-electron chi connectivity index (χ0n) is 13.3. The normalized spacial score (nSPS) is 19.2. The Balaban J connectivity index is 1.96. The summed E-state index contributed by atoms with van der Waals surface area (Å²) >= 11 is 0. The van der Waals surface area contributed by atoms with Crippen molar-refractivity contribution in [2.24, 2.45) is 0 Å². The second-order valence-corrected chi connectivity index (χ2v) is 6.34. The Morgan fingerprint density at radius 3 is 2.48 bits per heavy atom. The van der Waals surface area contributed by atoms with Gasteiger partial charge in [-0.2, -0.15) is 5.26 Å². The highest BCUT2D eigenvalue weighted by atomic mass is 15.3. The monoisotopic (exact) mass is 286 g/mol. The zero-order chi connectivity index (χ0) is 14.8. The molecule has 2 heterocycles. The molecule has 1 aromatic heterocycles. The van der Waals surface area contributed by atoms with Crippen LogP contribution < -0.4 is 14.8 Å². The smallest absolute Gasteiger partial charge is 0.293 e. The highest BCUT2D eigenvalue weighted by Crippen LogP contribution is 2.29. The third-order valence-corrected chi connectivity index (χ3v) is 5.16. The second-order valence-electron chi connectivity index (χ2n) is 6.34. The number of aromatic amines is 1. The van der Waals surface area contributed by atoms with Crippen LogP contribution in [0.25, 0.3) is 0 Å². The van der Waals surface area contributed by atoms with Gasteiger partial charge >= 0.3 is 0 Å². The first-order chi connectivity index (χ1) is 10.2. The van der Waals surface area contributed by atoms with E-state index >= 15 is 0 Å². The summed E-state index contributed by atoms with van der Waals surface area (Å²) < 4.78 is 0. The van der Waals surface area contributed by atoms with Crippen molar-refractivity contribution in [3.05, 3.63) is 22.4 Å². The molecule has 0 aromatic carbocycles. The van der Waals surface area contributed by atoms with E-state index in [-0.39, 0.29) is 0 Å². The summed E-state index contributed by atoms with van der Waals surface area (Å²) in [5, 5.41) is 9.69. The molecular weight excluding hydrogens is 260 g/mol. The van der Waals surface area contributed by atoms with Gasteiger partial charge in [0, 0.05) is 0 Å². The third kappa shape index (κ3) is 2.63. The number of rotatable bonds is 2. The highest BCUT2D eigenvalue weighted by molar-refractivity contribution is 5.57. The summed E-state index contributed by atoms with van der Waals surface area (Å²) in [5.74, 6) is 1.07. The van der Waals surface area contributed by atoms with Gasteiger partial charge < -0.3 is 4.90 Å². The molecule has 1 fully saturated rings. The molecule has 112 valence electrons. The number of likely N-dealkylation sites (N-methyl/N-ethyl adjacent to an activating group) is 1. The Morgan fingerprint density at radius 1 is 1.19 bits per heavy atom. The number of piperazine rings is 1. The van der Waals surface area contributed by atoms with Crippen LogP contribution in [0.1, 0.15) is 42.1 Å². The van der Waals surface area contributed by atoms with Gasteiger partial charge in [0.25, 0.3) is 5.82 Å². The van der Waals surface area contributed by atoms with E-state index < -0.39 is 0 Å². The fourth-order valence-corrected chi connectivity index (χ4v) is 3.81. The predicted octanol–water partition coefficient (Wildman–Crippen LogP) is 0.284. The number of anilines is 1. The quantitative estimate of drug-likeness (QED) is 0.849. The van der Waals surface area contributed by atoms with Gasteiger partial charge in [-0.3, -0.25) is 0 Å². The molecule has 4 nitrogen and oxygen atoms in total. The van der Waals surface area contributed by atoms with Crippen molar-refractivity contribution in [2.45, 2.75) is 39.5 Å². The van der Waals surface area contributed by atoms with Crippen LogP contribution in [0.2, 0.25) is 0 Å². The number of nitriles is 1. The van der Waals surface area contributed by atoms with Crippen LogP contribution >= 0.6 is 0 Å². The topological polar surface area (TPSA) is 45.6 Å². The summed E-state index contributed by atoms with van der Waals surface area (Å²) in [7, 11) is 0. The lowest BCUT2D eigenvalue weighted by Gasteiger charge is -2.29. The molecule has 4 heteroatoms. The first kappa shape index (κ1) is 14.3. The van der Waals surface area contributed by atoms with Crippen molar-refractivity contribution in [1.29, 1.82) is 5.26 Å². The summed E-state index contributed by atoms with van der Waals surface area (Å²) in [6, 6.07) is 2.49. The predicted molar refractivity (Wildman–Crippen MR) is 82.5 cm³/mol. The average molecular weight is 286 g/mol. The number of nitrogens with one attached hydrogen (secondary N) is 2. The standard InChI is InChI=1S/C17H24N4/c1-3-20-8-10-21(11-9-20)17-16(12-18)15-7-5-4-6-14(15)13(2)19-17/h3-11H2,1-2H3/p+2. The zero-order valence-corrected chi connectivity index (χ0v) is 13.3. The van der Waals surface area contributed by atoms with Gasteiger partial charge in [0.2, 0.25) is 0 Å². The maximum absolute atomic E-state index is 9.69. The molecule has 0 atom stereocenters. The number of aryl methyl sites for hydroxylation is 1. The van der Waals surface area contributed by atoms with Crippen LogP contribution in [0.3, 0.4) is 0 Å². The van der Waals surface area contributed by atoms with Crippen LogP contribution in [-0.4, -0.2) is 32.7 Å². The highest BCUT2D eigenvalue weighted by Gasteiger charge is 2.31. The lowest BCUT2D eigenvalue weighted by Crippen LogP contribution is -3.14. The molecule has 0 amide bonds. The number of hydrogen-bond donors (Lipinski definition) is 1. The van der Waals surface area contributed by atoms with E-state index in [2.05, 4.69) is 29.8 Å². The third-order valence-electron chi connectivity index (χ3n) is 5.16. The van der Waals surface area contributed by atoms with Crippen molar-refractivity contribution < 1.29 is 9.88 Å². The first-order valence-electron chi connectivity index (χ1n) is 8.30. The number of quaternary nitrogens is 1. The van der Waals surface area contributed by atoms with Crippen LogP contribution in [0.5, 0.6) is 0 Å². The van der Waals surface area contributed by atoms with Crippen molar-refractivity contribution in [3.63, 3.8) is 0 Å². The van der Waals surface area contributed by atoms with Crippen LogP contribution in [-0.2, 0) is 12.8 Å². The Hall–Kier alpha value is -1.60. The van der Waals surface area contributed by atoms with E-state index in [1.54, 1.807) is 4.90 Å². The number of hydrogen-bond acceptors (Lipinski definition) is 2. The number of H-pyrrole nitrogens is 1. The summed E-state index contributed by atoms with van der Waals surface area (Å²) in [4.78, 5) is 7.61. The second kappa shape index (κ2) is 6.03. The number of nitrogens with zero attached hydrogens (tertiary/aromatic N) is 2. The lowest BCUT2D eigenvalue weighted by molar-refractivity contribution is -0.898.